The summed E-state index contributed by atoms with van der Waals surface area (Å²) in [5.74, 6) is -1.90. The predicted molar refractivity (Wildman–Crippen MR) is 98.7 cm³/mol. The van der Waals surface area contributed by atoms with E-state index >= 15 is 0 Å². The van der Waals surface area contributed by atoms with Crippen LogP contribution in [0.25, 0.3) is 0 Å². The number of hydrogen-bond donors (Lipinski definition) is 0. The van der Waals surface area contributed by atoms with E-state index in [-0.39, 0.29) is 26.2 Å². The lowest BCUT2D eigenvalue weighted by molar-refractivity contribution is -0.141. The number of hydrogen-bond acceptors (Lipinski definition) is 4. The topological polar surface area (TPSA) is 66.9 Å². The summed E-state index contributed by atoms with van der Waals surface area (Å²) in [6.45, 7) is -0.732. The highest BCUT2D eigenvalue weighted by molar-refractivity contribution is 7.89. The van der Waals surface area contributed by atoms with Crippen molar-refractivity contribution in [3.8, 4) is 5.75 Å². The molecule has 2 aromatic rings. The fourth-order valence-electron chi connectivity index (χ4n) is 3.03. The molecule has 0 N–H and O–H groups in total. The molecular weight excluding hydrogens is 428 g/mol. The molecule has 0 radical (unpaired) electrons. The minimum absolute atomic E-state index is 0.0107. The minimum Gasteiger partial charge on any atom is -0.483 e. The summed E-state index contributed by atoms with van der Waals surface area (Å²) in [6.07, 6.45) is -4.62. The average molecular weight is 446 g/mol. The Morgan fingerprint density at radius 3 is 2.20 bits per heavy atom. The lowest BCUT2D eigenvalue weighted by Crippen LogP contribution is -2.51. The molecule has 1 aliphatic heterocycles. The summed E-state index contributed by atoms with van der Waals surface area (Å²) in [7, 11) is -4.05. The molecule has 11 heteroatoms. The van der Waals surface area contributed by atoms with Gasteiger partial charge in [0.15, 0.2) is 6.61 Å². The van der Waals surface area contributed by atoms with E-state index in [0.717, 1.165) is 28.6 Å². The minimum atomic E-state index is -4.62. The molecule has 6 nitrogen and oxygen atoms in total. The smallest absolute Gasteiger partial charge is 0.419 e. The van der Waals surface area contributed by atoms with Crippen LogP contribution in [0.4, 0.5) is 17.6 Å². The molecule has 0 saturated carbocycles. The van der Waals surface area contributed by atoms with E-state index in [2.05, 4.69) is 0 Å². The van der Waals surface area contributed by atoms with Crippen LogP contribution in [-0.2, 0) is 21.0 Å². The molecule has 0 aromatic heterocycles. The largest absolute Gasteiger partial charge is 0.483 e. The van der Waals surface area contributed by atoms with Crippen molar-refractivity contribution >= 4 is 15.9 Å². The molecule has 1 aliphatic rings. The van der Waals surface area contributed by atoms with E-state index in [1.54, 1.807) is 0 Å². The van der Waals surface area contributed by atoms with Gasteiger partial charge in [0.1, 0.15) is 16.5 Å². The quantitative estimate of drug-likeness (QED) is 0.663. The first-order chi connectivity index (χ1) is 14.1. The normalized spacial score (nSPS) is 15.8. The van der Waals surface area contributed by atoms with Crippen molar-refractivity contribution in [1.82, 2.24) is 9.21 Å². The van der Waals surface area contributed by atoms with Crippen LogP contribution in [0.15, 0.2) is 53.4 Å². The van der Waals surface area contributed by atoms with Crippen molar-refractivity contribution in [2.75, 3.05) is 32.8 Å². The number of ether oxygens (including phenoxy) is 1. The summed E-state index contributed by atoms with van der Waals surface area (Å²) < 4.78 is 84.1. The molecule has 30 heavy (non-hydrogen) atoms. The van der Waals surface area contributed by atoms with Crippen molar-refractivity contribution < 1.29 is 35.5 Å². The van der Waals surface area contributed by atoms with Crippen molar-refractivity contribution in [3.63, 3.8) is 0 Å². The SMILES string of the molecule is O=C(COc1ccccc1C(F)(F)F)N1CCN(S(=O)(=O)c2ccccc2F)CC1. The number of benzene rings is 2. The van der Waals surface area contributed by atoms with Gasteiger partial charge in [0.05, 0.1) is 5.56 Å². The first-order valence-corrected chi connectivity index (χ1v) is 10.4. The first-order valence-electron chi connectivity index (χ1n) is 8.92. The monoisotopic (exact) mass is 446 g/mol. The van der Waals surface area contributed by atoms with Gasteiger partial charge in [-0.15, -0.1) is 0 Å². The second kappa shape index (κ2) is 8.60. The number of alkyl halides is 3. The molecule has 162 valence electrons. The molecule has 1 amide bonds. The highest BCUT2D eigenvalue weighted by Gasteiger charge is 2.35. The van der Waals surface area contributed by atoms with Gasteiger partial charge in [-0.2, -0.15) is 17.5 Å². The van der Waals surface area contributed by atoms with Gasteiger partial charge in [-0.25, -0.2) is 12.8 Å². The summed E-state index contributed by atoms with van der Waals surface area (Å²) in [5.41, 5.74) is -0.987. The maximum absolute atomic E-state index is 13.9. The number of piperazine rings is 1. The maximum Gasteiger partial charge on any atom is 0.419 e. The van der Waals surface area contributed by atoms with Crippen LogP contribution in [0.5, 0.6) is 5.75 Å². The molecule has 1 fully saturated rings. The zero-order valence-corrected chi connectivity index (χ0v) is 16.4. The van der Waals surface area contributed by atoms with Gasteiger partial charge in [-0.1, -0.05) is 24.3 Å². The van der Waals surface area contributed by atoms with Gasteiger partial charge in [0, 0.05) is 26.2 Å². The Morgan fingerprint density at radius 2 is 1.57 bits per heavy atom. The van der Waals surface area contributed by atoms with Crippen molar-refractivity contribution in [2.24, 2.45) is 0 Å². The summed E-state index contributed by atoms with van der Waals surface area (Å²) in [5, 5.41) is 0. The molecule has 0 spiro atoms. The second-order valence-electron chi connectivity index (χ2n) is 6.50. The third kappa shape index (κ3) is 4.73. The predicted octanol–water partition coefficient (Wildman–Crippen LogP) is 2.76. The number of halogens is 4. The number of carbonyl (C=O) groups is 1. The lowest BCUT2D eigenvalue weighted by Gasteiger charge is -2.34. The number of carbonyl (C=O) groups excluding carboxylic acids is 1. The maximum atomic E-state index is 13.9. The van der Waals surface area contributed by atoms with Gasteiger partial charge in [-0.3, -0.25) is 4.79 Å². The number of rotatable bonds is 5. The third-order valence-electron chi connectivity index (χ3n) is 4.59. The Kier molecular flexibility index (Phi) is 6.32. The molecular formula is C19H18F4N2O4S. The molecule has 0 atom stereocenters. The van der Waals surface area contributed by atoms with E-state index in [4.69, 9.17) is 4.74 Å². The molecule has 0 bridgehead atoms. The standard InChI is InChI=1S/C19H18F4N2O4S/c20-15-6-2-4-8-17(15)30(27,28)25-11-9-24(10-12-25)18(26)13-29-16-7-3-1-5-14(16)19(21,22)23/h1-8H,9-13H2. The summed E-state index contributed by atoms with van der Waals surface area (Å²) in [6, 6.07) is 9.54. The molecule has 0 aliphatic carbocycles. The zero-order valence-electron chi connectivity index (χ0n) is 15.6. The van der Waals surface area contributed by atoms with Gasteiger partial charge in [-0.05, 0) is 24.3 Å². The van der Waals surface area contributed by atoms with Crippen LogP contribution in [0, 0.1) is 5.82 Å². The Labute approximate surface area is 170 Å². The Balaban J connectivity index is 1.60. The van der Waals surface area contributed by atoms with Crippen LogP contribution < -0.4 is 4.74 Å². The molecule has 2 aromatic carbocycles. The van der Waals surface area contributed by atoms with Gasteiger partial charge >= 0.3 is 6.18 Å². The van der Waals surface area contributed by atoms with Gasteiger partial charge < -0.3 is 9.64 Å². The van der Waals surface area contributed by atoms with E-state index in [1.807, 2.05) is 0 Å². The van der Waals surface area contributed by atoms with Crippen molar-refractivity contribution in [3.05, 3.63) is 59.9 Å². The number of para-hydroxylation sites is 1. The lowest BCUT2D eigenvalue weighted by atomic mass is 10.2. The Morgan fingerprint density at radius 1 is 0.967 bits per heavy atom. The van der Waals surface area contributed by atoms with Crippen LogP contribution in [0.3, 0.4) is 0 Å². The fourth-order valence-corrected chi connectivity index (χ4v) is 4.52. The second-order valence-corrected chi connectivity index (χ2v) is 8.40. The molecule has 1 heterocycles. The van der Waals surface area contributed by atoms with E-state index in [9.17, 15) is 30.8 Å². The number of nitrogens with zero attached hydrogens (tertiary/aromatic N) is 2. The van der Waals surface area contributed by atoms with Crippen LogP contribution >= 0.6 is 0 Å². The number of sulfonamides is 1. The Hall–Kier alpha value is -2.66. The summed E-state index contributed by atoms with van der Waals surface area (Å²) >= 11 is 0. The average Bonchev–Trinajstić information content (AvgIpc) is 2.72. The van der Waals surface area contributed by atoms with Crippen molar-refractivity contribution in [2.45, 2.75) is 11.1 Å². The zero-order chi connectivity index (χ0) is 21.9. The molecule has 3 rings (SSSR count). The number of amides is 1. The van der Waals surface area contributed by atoms with Gasteiger partial charge in [0.2, 0.25) is 10.0 Å². The highest BCUT2D eigenvalue weighted by atomic mass is 32.2. The van der Waals surface area contributed by atoms with E-state index < -0.39 is 50.7 Å². The first kappa shape index (κ1) is 22.0. The van der Waals surface area contributed by atoms with Gasteiger partial charge in [0.25, 0.3) is 5.91 Å². The van der Waals surface area contributed by atoms with Crippen LogP contribution in [0.2, 0.25) is 0 Å². The molecule has 0 unspecified atom stereocenters. The van der Waals surface area contributed by atoms with E-state index in [1.165, 1.54) is 29.2 Å². The van der Waals surface area contributed by atoms with E-state index in [0.29, 0.717) is 0 Å². The fraction of sp³-hybridized carbons (Fsp3) is 0.316. The highest BCUT2D eigenvalue weighted by Crippen LogP contribution is 2.35. The summed E-state index contributed by atoms with van der Waals surface area (Å²) in [4.78, 5) is 13.2. The Bertz CT molecular complexity index is 1020. The third-order valence-corrected chi connectivity index (χ3v) is 6.52. The van der Waals surface area contributed by atoms with Crippen LogP contribution in [-0.4, -0.2) is 56.3 Å². The molecule has 1 saturated heterocycles. The van der Waals surface area contributed by atoms with Crippen molar-refractivity contribution in [1.29, 1.82) is 0 Å². The van der Waals surface area contributed by atoms with Crippen LogP contribution in [0.1, 0.15) is 5.56 Å².